The highest BCUT2D eigenvalue weighted by molar-refractivity contribution is 7.15. The molecule has 0 saturated heterocycles. The molecule has 0 aromatic carbocycles. The normalized spacial score (nSPS) is 12.1. The highest BCUT2D eigenvalue weighted by Crippen LogP contribution is 2.28. The van der Waals surface area contributed by atoms with E-state index in [1.54, 1.807) is 11.3 Å². The Morgan fingerprint density at radius 1 is 1.22 bits per heavy atom. The zero-order valence-electron chi connectivity index (χ0n) is 11.4. The summed E-state index contributed by atoms with van der Waals surface area (Å²) in [7, 11) is 0. The predicted octanol–water partition coefficient (Wildman–Crippen LogP) is 2.70. The summed E-state index contributed by atoms with van der Waals surface area (Å²) >= 11 is 1.58. The molecule has 0 spiro atoms. The van der Waals surface area contributed by atoms with Crippen molar-refractivity contribution < 1.29 is 4.42 Å². The summed E-state index contributed by atoms with van der Waals surface area (Å²) in [6.45, 7) is 10.8. The van der Waals surface area contributed by atoms with E-state index in [2.05, 4.69) is 41.3 Å². The van der Waals surface area contributed by atoms with Crippen LogP contribution >= 0.6 is 11.3 Å². The van der Waals surface area contributed by atoms with Crippen LogP contribution in [0.4, 0.5) is 0 Å². The van der Waals surface area contributed by atoms with Crippen LogP contribution in [0.5, 0.6) is 0 Å². The summed E-state index contributed by atoms with van der Waals surface area (Å²) in [5.74, 6) is 1.16. The van der Waals surface area contributed by atoms with Crippen LogP contribution in [0.2, 0.25) is 0 Å². The van der Waals surface area contributed by atoms with Gasteiger partial charge in [-0.25, -0.2) is 4.98 Å². The van der Waals surface area contributed by atoms with Crippen molar-refractivity contribution in [2.45, 2.75) is 46.7 Å². The number of nitrogens with zero attached hydrogens (tertiary/aromatic N) is 3. The molecule has 0 aliphatic carbocycles. The lowest BCUT2D eigenvalue weighted by atomic mass is 10.1. The van der Waals surface area contributed by atoms with Gasteiger partial charge in [0.05, 0.1) is 17.2 Å². The lowest BCUT2D eigenvalue weighted by molar-refractivity contribution is 0.384. The zero-order chi connectivity index (χ0) is 13.3. The molecule has 2 rings (SSSR count). The number of rotatable bonds is 3. The predicted molar refractivity (Wildman–Crippen MR) is 71.5 cm³/mol. The van der Waals surface area contributed by atoms with Crippen molar-refractivity contribution >= 4 is 11.3 Å². The highest BCUT2D eigenvalue weighted by atomic mass is 32.1. The van der Waals surface area contributed by atoms with Gasteiger partial charge < -0.3 is 9.73 Å². The molecule has 2 aromatic rings. The molecule has 0 saturated carbocycles. The van der Waals surface area contributed by atoms with Crippen LogP contribution in [-0.4, -0.2) is 20.7 Å². The van der Waals surface area contributed by atoms with E-state index < -0.39 is 0 Å². The second kappa shape index (κ2) is 4.78. The quantitative estimate of drug-likeness (QED) is 0.925. The maximum absolute atomic E-state index is 5.64. The van der Waals surface area contributed by atoms with Gasteiger partial charge in [-0.3, -0.25) is 0 Å². The standard InChI is InChI=1S/C12H18N4OS/c1-7-10(18-8(2)14-7)11-16-15-9(17-11)6-13-12(3,4)5/h13H,6H2,1-5H3. The van der Waals surface area contributed by atoms with Gasteiger partial charge in [0.15, 0.2) is 0 Å². The first-order valence-corrected chi connectivity index (χ1v) is 6.68. The third-order valence-corrected chi connectivity index (χ3v) is 3.40. The Bertz CT molecular complexity index is 539. The molecule has 6 heteroatoms. The van der Waals surface area contributed by atoms with E-state index in [1.165, 1.54) is 0 Å². The van der Waals surface area contributed by atoms with E-state index >= 15 is 0 Å². The van der Waals surface area contributed by atoms with Crippen LogP contribution in [0.25, 0.3) is 10.8 Å². The zero-order valence-corrected chi connectivity index (χ0v) is 12.2. The van der Waals surface area contributed by atoms with Crippen molar-refractivity contribution in [2.75, 3.05) is 0 Å². The molecule has 18 heavy (non-hydrogen) atoms. The number of aryl methyl sites for hydroxylation is 2. The first-order chi connectivity index (χ1) is 8.35. The SMILES string of the molecule is Cc1nc(C)c(-c2nnc(CNC(C)(C)C)o2)s1. The van der Waals surface area contributed by atoms with Gasteiger partial charge in [-0.05, 0) is 34.6 Å². The van der Waals surface area contributed by atoms with Crippen molar-refractivity contribution in [3.63, 3.8) is 0 Å². The van der Waals surface area contributed by atoms with Crippen LogP contribution in [-0.2, 0) is 6.54 Å². The Morgan fingerprint density at radius 3 is 2.50 bits per heavy atom. The molecule has 0 aliphatic rings. The molecule has 1 N–H and O–H groups in total. The fourth-order valence-electron chi connectivity index (χ4n) is 1.49. The Hall–Kier alpha value is -1.27. The van der Waals surface area contributed by atoms with Gasteiger partial charge in [-0.1, -0.05) is 0 Å². The minimum atomic E-state index is 0.0334. The van der Waals surface area contributed by atoms with Gasteiger partial charge in [0, 0.05) is 5.54 Å². The first-order valence-electron chi connectivity index (χ1n) is 5.87. The second-order valence-corrected chi connectivity index (χ2v) is 6.46. The smallest absolute Gasteiger partial charge is 0.259 e. The van der Waals surface area contributed by atoms with Crippen LogP contribution in [0.3, 0.4) is 0 Å². The summed E-state index contributed by atoms with van der Waals surface area (Å²) < 4.78 is 5.64. The van der Waals surface area contributed by atoms with Crippen LogP contribution in [0.1, 0.15) is 37.4 Å². The van der Waals surface area contributed by atoms with E-state index in [0.717, 1.165) is 15.6 Å². The van der Waals surface area contributed by atoms with Crippen LogP contribution < -0.4 is 5.32 Å². The molecule has 2 heterocycles. The summed E-state index contributed by atoms with van der Waals surface area (Å²) in [5, 5.41) is 12.4. The Morgan fingerprint density at radius 2 is 1.94 bits per heavy atom. The average molecular weight is 266 g/mol. The fourth-order valence-corrected chi connectivity index (χ4v) is 2.33. The lowest BCUT2D eigenvalue weighted by Gasteiger charge is -2.18. The Labute approximate surface area is 111 Å². The number of thiazole rings is 1. The van der Waals surface area contributed by atoms with Crippen molar-refractivity contribution in [1.29, 1.82) is 0 Å². The minimum absolute atomic E-state index is 0.0334. The molecular weight excluding hydrogens is 248 g/mol. The molecule has 2 aromatic heterocycles. The summed E-state index contributed by atoms with van der Waals surface area (Å²) in [4.78, 5) is 5.32. The molecule has 0 fully saturated rings. The van der Waals surface area contributed by atoms with Gasteiger partial charge >= 0.3 is 0 Å². The maximum Gasteiger partial charge on any atom is 0.259 e. The van der Waals surface area contributed by atoms with E-state index in [4.69, 9.17) is 4.42 Å². The van der Waals surface area contributed by atoms with Crippen molar-refractivity contribution in [1.82, 2.24) is 20.5 Å². The van der Waals surface area contributed by atoms with Gasteiger partial charge in [-0.2, -0.15) is 0 Å². The monoisotopic (exact) mass is 266 g/mol. The third kappa shape index (κ3) is 3.14. The van der Waals surface area contributed by atoms with Gasteiger partial charge in [0.1, 0.15) is 4.88 Å². The Kier molecular flexibility index (Phi) is 3.49. The van der Waals surface area contributed by atoms with Gasteiger partial charge in [0.2, 0.25) is 5.89 Å². The summed E-state index contributed by atoms with van der Waals surface area (Å²) in [6.07, 6.45) is 0. The van der Waals surface area contributed by atoms with Gasteiger partial charge in [0.25, 0.3) is 5.89 Å². The van der Waals surface area contributed by atoms with Crippen LogP contribution in [0, 0.1) is 13.8 Å². The molecule has 98 valence electrons. The highest BCUT2D eigenvalue weighted by Gasteiger charge is 2.16. The number of nitrogens with one attached hydrogen (secondary N) is 1. The third-order valence-electron chi connectivity index (χ3n) is 2.33. The minimum Gasteiger partial charge on any atom is -0.418 e. The van der Waals surface area contributed by atoms with Crippen molar-refractivity contribution in [3.8, 4) is 10.8 Å². The van der Waals surface area contributed by atoms with E-state index in [1.807, 2.05) is 13.8 Å². The maximum atomic E-state index is 5.64. The van der Waals surface area contributed by atoms with Gasteiger partial charge in [-0.15, -0.1) is 21.5 Å². The molecule has 5 nitrogen and oxygen atoms in total. The van der Waals surface area contributed by atoms with E-state index in [0.29, 0.717) is 18.3 Å². The van der Waals surface area contributed by atoms with Crippen molar-refractivity contribution in [2.24, 2.45) is 0 Å². The molecule has 0 unspecified atom stereocenters. The van der Waals surface area contributed by atoms with Crippen molar-refractivity contribution in [3.05, 3.63) is 16.6 Å². The lowest BCUT2D eigenvalue weighted by Crippen LogP contribution is -2.35. The van der Waals surface area contributed by atoms with Crippen LogP contribution in [0.15, 0.2) is 4.42 Å². The molecule has 0 amide bonds. The number of aromatic nitrogens is 3. The van der Waals surface area contributed by atoms with E-state index in [9.17, 15) is 0 Å². The number of hydrogen-bond acceptors (Lipinski definition) is 6. The Balaban J connectivity index is 2.13. The summed E-state index contributed by atoms with van der Waals surface area (Å²) in [5.41, 5.74) is 0.975. The average Bonchev–Trinajstić information content (AvgIpc) is 2.81. The molecular formula is C12H18N4OS. The largest absolute Gasteiger partial charge is 0.418 e. The number of hydrogen-bond donors (Lipinski definition) is 1. The molecule has 0 bridgehead atoms. The fraction of sp³-hybridized carbons (Fsp3) is 0.583. The van der Waals surface area contributed by atoms with E-state index in [-0.39, 0.29) is 5.54 Å². The second-order valence-electron chi connectivity index (χ2n) is 5.25. The topological polar surface area (TPSA) is 63.8 Å². The molecule has 0 atom stereocenters. The molecule has 0 aliphatic heterocycles. The summed E-state index contributed by atoms with van der Waals surface area (Å²) in [6, 6.07) is 0. The molecule has 0 radical (unpaired) electrons. The first kappa shape index (κ1) is 13.2.